The van der Waals surface area contributed by atoms with Crippen molar-refractivity contribution in [2.45, 2.75) is 82.2 Å². The zero-order valence-electron chi connectivity index (χ0n) is 21.7. The first-order valence-corrected chi connectivity index (χ1v) is 13.4. The number of amides is 1. The first-order chi connectivity index (χ1) is 17.9. The molecule has 1 unspecified atom stereocenters. The number of nitrogens with one attached hydrogen (secondary N) is 3. The van der Waals surface area contributed by atoms with Crippen LogP contribution in [0.2, 0.25) is 0 Å². The normalized spacial score (nSPS) is 26.7. The molecule has 1 saturated heterocycles. The number of rotatable bonds is 5. The molecule has 0 radical (unpaired) electrons. The van der Waals surface area contributed by atoms with Crippen molar-refractivity contribution in [3.8, 4) is 6.07 Å². The summed E-state index contributed by atoms with van der Waals surface area (Å²) in [5.74, 6) is 3.00. The highest BCUT2D eigenvalue weighted by Gasteiger charge is 2.41. The van der Waals surface area contributed by atoms with Crippen molar-refractivity contribution in [1.29, 1.82) is 0 Å². The van der Waals surface area contributed by atoms with Crippen LogP contribution in [0.5, 0.6) is 0 Å². The fourth-order valence-electron chi connectivity index (χ4n) is 5.58. The van der Waals surface area contributed by atoms with Gasteiger partial charge in [-0.1, -0.05) is 17.8 Å². The molecule has 0 bridgehead atoms. The number of aromatic amines is 1. The molecule has 0 spiro atoms. The van der Waals surface area contributed by atoms with E-state index in [0.717, 1.165) is 44.5 Å². The molecule has 5 N–H and O–H groups in total. The van der Waals surface area contributed by atoms with Gasteiger partial charge in [-0.15, -0.1) is 0 Å². The number of hydrogen-bond acceptors (Lipinski definition) is 6. The van der Waals surface area contributed by atoms with Crippen LogP contribution < -0.4 is 16.4 Å². The Kier molecular flexibility index (Phi) is 7.26. The van der Waals surface area contributed by atoms with Gasteiger partial charge in [0, 0.05) is 37.3 Å². The summed E-state index contributed by atoms with van der Waals surface area (Å²) in [6.45, 7) is 2.61. The Morgan fingerprint density at radius 2 is 2.03 bits per heavy atom. The van der Waals surface area contributed by atoms with Crippen molar-refractivity contribution in [3.63, 3.8) is 0 Å². The Morgan fingerprint density at radius 1 is 1.24 bits per heavy atom. The molecular formula is C26H37N10O+. The number of nitrogens with zero attached hydrogens (tertiary/aromatic N) is 6. The molecule has 37 heavy (non-hydrogen) atoms. The zero-order valence-corrected chi connectivity index (χ0v) is 21.7. The van der Waals surface area contributed by atoms with E-state index in [1.807, 2.05) is 20.0 Å². The van der Waals surface area contributed by atoms with E-state index in [4.69, 9.17) is 5.73 Å². The predicted molar refractivity (Wildman–Crippen MR) is 143 cm³/mol. The molecule has 0 aromatic carbocycles. The van der Waals surface area contributed by atoms with Crippen LogP contribution in [-0.2, 0) is 4.79 Å². The first-order valence-electron chi connectivity index (χ1n) is 13.4. The predicted octanol–water partition coefficient (Wildman–Crippen LogP) is 3.65. The number of H-pyrrole nitrogens is 1. The number of carbonyl (C=O) groups excluding carboxylic acids is 1. The highest BCUT2D eigenvalue weighted by molar-refractivity contribution is 5.93. The number of nitrogens with two attached hydrogens (primary N) is 1. The molecule has 2 aliphatic carbocycles. The van der Waals surface area contributed by atoms with E-state index in [1.165, 1.54) is 31.4 Å². The number of likely N-dealkylation sites (tertiary alicyclic amines) is 1. The zero-order chi connectivity index (χ0) is 25.8. The van der Waals surface area contributed by atoms with Crippen LogP contribution in [0.15, 0.2) is 23.3 Å². The maximum atomic E-state index is 12.4. The van der Waals surface area contributed by atoms with Crippen molar-refractivity contribution >= 4 is 29.5 Å². The van der Waals surface area contributed by atoms with Crippen LogP contribution in [0, 0.1) is 12.0 Å². The number of aromatic nitrogens is 4. The highest BCUT2D eigenvalue weighted by atomic mass is 16.2. The first kappa shape index (κ1) is 25.0. The molecule has 3 aliphatic rings. The van der Waals surface area contributed by atoms with E-state index in [2.05, 4.69) is 52.8 Å². The van der Waals surface area contributed by atoms with Crippen LogP contribution in [0.1, 0.15) is 76.3 Å². The summed E-state index contributed by atoms with van der Waals surface area (Å²) < 4.78 is 0. The van der Waals surface area contributed by atoms with Crippen LogP contribution in [0.4, 0.5) is 17.6 Å². The minimum absolute atomic E-state index is 0.0554. The summed E-state index contributed by atoms with van der Waals surface area (Å²) in [4.78, 5) is 31.9. The minimum atomic E-state index is -0.668. The topological polar surface area (TPSA) is 142 Å². The number of hydrogen-bond donors (Lipinski definition) is 4. The lowest BCUT2D eigenvalue weighted by Crippen LogP contribution is -2.54. The van der Waals surface area contributed by atoms with E-state index in [0.29, 0.717) is 23.6 Å². The third-order valence-corrected chi connectivity index (χ3v) is 7.83. The fraction of sp³-hybridized carbons (Fsp3) is 0.615. The number of aliphatic imine (C=N–C) groups is 1. The minimum Gasteiger partial charge on any atom is -0.370 e. The largest absolute Gasteiger partial charge is 0.532 e. The van der Waals surface area contributed by atoms with E-state index in [1.54, 1.807) is 11.1 Å². The SMILES string of the molecule is CN1CCC(C)(NC(N)=NC2CCC(C#[N+]c3nccc(Nc4cc(C5CCCC5)[nH]n4)n3)CC2)C1=O. The maximum absolute atomic E-state index is 12.4. The van der Waals surface area contributed by atoms with E-state index < -0.39 is 5.54 Å². The summed E-state index contributed by atoms with van der Waals surface area (Å²) in [6.07, 6.45) is 11.1. The van der Waals surface area contributed by atoms with Gasteiger partial charge in [-0.3, -0.25) is 14.9 Å². The molecule has 3 fully saturated rings. The van der Waals surface area contributed by atoms with Gasteiger partial charge in [0.25, 0.3) is 0 Å². The molecule has 1 amide bonds. The molecule has 11 nitrogen and oxygen atoms in total. The summed E-state index contributed by atoms with van der Waals surface area (Å²) in [6, 6.07) is 7.24. The Bertz CT molecular complexity index is 1200. The van der Waals surface area contributed by atoms with Gasteiger partial charge in [-0.05, 0) is 56.9 Å². The quantitative estimate of drug-likeness (QED) is 0.359. The summed E-state index contributed by atoms with van der Waals surface area (Å²) in [5, 5.41) is 13.9. The number of guanidine groups is 1. The van der Waals surface area contributed by atoms with Crippen molar-refractivity contribution in [1.82, 2.24) is 30.4 Å². The molecule has 11 heteroatoms. The van der Waals surface area contributed by atoms with Gasteiger partial charge < -0.3 is 21.3 Å². The van der Waals surface area contributed by atoms with Crippen molar-refractivity contribution < 1.29 is 4.79 Å². The Balaban J connectivity index is 1.12. The Labute approximate surface area is 217 Å². The summed E-state index contributed by atoms with van der Waals surface area (Å²) in [5.41, 5.74) is 6.67. The average molecular weight is 506 g/mol. The van der Waals surface area contributed by atoms with Gasteiger partial charge in [-0.25, -0.2) is 0 Å². The monoisotopic (exact) mass is 505 g/mol. The van der Waals surface area contributed by atoms with Gasteiger partial charge >= 0.3 is 5.95 Å². The van der Waals surface area contributed by atoms with Gasteiger partial charge in [0.2, 0.25) is 11.7 Å². The van der Waals surface area contributed by atoms with Crippen LogP contribution in [0.25, 0.3) is 4.85 Å². The summed E-state index contributed by atoms with van der Waals surface area (Å²) in [7, 11) is 1.81. The van der Waals surface area contributed by atoms with Gasteiger partial charge in [-0.2, -0.15) is 9.94 Å². The number of likely N-dealkylation sites (N-methyl/N-ethyl adjacent to an activating group) is 1. The standard InChI is InChI=1S/C26H37N10O/c1-26(12-14-36(2)23(26)37)33-24(27)30-19-9-7-17(8-10-19)16-29-25-28-13-11-21(32-25)31-22-15-20(34-35-22)18-5-3-4-6-18/h11,13,15,17-19H,3-10,12,14H2,1-2H3,(H3,27,30,33)(H2,28,31,32,34,35)/q+1. The molecule has 1 atom stereocenters. The lowest BCUT2D eigenvalue weighted by atomic mass is 9.87. The molecule has 1 aliphatic heterocycles. The lowest BCUT2D eigenvalue weighted by Gasteiger charge is -2.26. The number of carbonyl (C=O) groups is 1. The third kappa shape index (κ3) is 6.01. The summed E-state index contributed by atoms with van der Waals surface area (Å²) >= 11 is 0. The van der Waals surface area contributed by atoms with Gasteiger partial charge in [0.15, 0.2) is 11.8 Å². The molecule has 2 saturated carbocycles. The second-order valence-corrected chi connectivity index (χ2v) is 10.8. The van der Waals surface area contributed by atoms with E-state index in [9.17, 15) is 4.79 Å². The Hall–Kier alpha value is -3.68. The fourth-order valence-corrected chi connectivity index (χ4v) is 5.58. The van der Waals surface area contributed by atoms with E-state index >= 15 is 0 Å². The second kappa shape index (κ2) is 10.7. The second-order valence-electron chi connectivity index (χ2n) is 10.8. The molecule has 5 rings (SSSR count). The number of anilines is 2. The highest BCUT2D eigenvalue weighted by Crippen LogP contribution is 2.34. The van der Waals surface area contributed by atoms with Crippen LogP contribution >= 0.6 is 0 Å². The van der Waals surface area contributed by atoms with Crippen molar-refractivity contribution in [2.75, 3.05) is 18.9 Å². The maximum Gasteiger partial charge on any atom is 0.532 e. The third-order valence-electron chi connectivity index (χ3n) is 7.83. The van der Waals surface area contributed by atoms with Crippen molar-refractivity contribution in [2.24, 2.45) is 16.6 Å². The van der Waals surface area contributed by atoms with Crippen molar-refractivity contribution in [3.05, 3.63) is 28.9 Å². The molecular weight excluding hydrogens is 468 g/mol. The smallest absolute Gasteiger partial charge is 0.370 e. The Morgan fingerprint density at radius 3 is 2.76 bits per heavy atom. The molecule has 2 aromatic rings. The average Bonchev–Trinajstić information content (AvgIpc) is 3.63. The van der Waals surface area contributed by atoms with Gasteiger partial charge in [0.1, 0.15) is 17.8 Å². The molecule has 2 aromatic heterocycles. The van der Waals surface area contributed by atoms with Gasteiger partial charge in [0.05, 0.1) is 12.0 Å². The van der Waals surface area contributed by atoms with Crippen LogP contribution in [0.3, 0.4) is 0 Å². The lowest BCUT2D eigenvalue weighted by molar-refractivity contribution is -0.131. The molecule has 196 valence electrons. The van der Waals surface area contributed by atoms with E-state index in [-0.39, 0.29) is 17.9 Å². The van der Waals surface area contributed by atoms with Crippen LogP contribution in [-0.4, -0.2) is 62.1 Å². The molecule has 3 heterocycles.